The quantitative estimate of drug-likeness (QED) is 0.297. The van der Waals surface area contributed by atoms with Crippen LogP contribution in [0.3, 0.4) is 0 Å². The van der Waals surface area contributed by atoms with Gasteiger partial charge in [-0.3, -0.25) is 9.58 Å². The highest BCUT2D eigenvalue weighted by Gasteiger charge is 2.16. The minimum Gasteiger partial charge on any atom is -0.393 e. The molecule has 29 heavy (non-hydrogen) atoms. The monoisotopic (exact) mass is 513 g/mol. The number of hydrogen-bond acceptors (Lipinski definition) is 5. The lowest BCUT2D eigenvalue weighted by Crippen LogP contribution is -2.37. The smallest absolute Gasteiger partial charge is 0.191 e. The zero-order valence-electron chi connectivity index (χ0n) is 17.2. The molecule has 3 rings (SSSR count). The summed E-state index contributed by atoms with van der Waals surface area (Å²) in [6.07, 6.45) is 3.18. The zero-order chi connectivity index (χ0) is 19.8. The Bertz CT molecular complexity index is 754. The second-order valence-corrected chi connectivity index (χ2v) is 7.17. The first kappa shape index (κ1) is 23.6. The molecular weight excluding hydrogens is 481 g/mol. The fourth-order valence-corrected chi connectivity index (χ4v) is 3.24. The number of nitrogens with zero attached hydrogens (tertiary/aromatic N) is 5. The number of piperidine rings is 1. The summed E-state index contributed by atoms with van der Waals surface area (Å²) < 4.78 is 1.75. The zero-order valence-corrected chi connectivity index (χ0v) is 19.5. The van der Waals surface area contributed by atoms with E-state index < -0.39 is 0 Å². The van der Waals surface area contributed by atoms with E-state index in [2.05, 4.69) is 54.9 Å². The third-order valence-corrected chi connectivity index (χ3v) is 4.97. The summed E-state index contributed by atoms with van der Waals surface area (Å²) in [5, 5.41) is 20.2. The third-order valence-electron chi connectivity index (χ3n) is 4.97. The Morgan fingerprint density at radius 3 is 2.48 bits per heavy atom. The topological polar surface area (TPSA) is 90.6 Å². The average Bonchev–Trinajstić information content (AvgIpc) is 3.12. The van der Waals surface area contributed by atoms with E-state index in [1.165, 1.54) is 11.1 Å². The number of likely N-dealkylation sites (tertiary alicyclic amines) is 1. The van der Waals surface area contributed by atoms with Crippen LogP contribution in [0.1, 0.15) is 36.7 Å². The van der Waals surface area contributed by atoms with Crippen molar-refractivity contribution in [3.63, 3.8) is 0 Å². The number of guanidine groups is 1. The number of aryl methyl sites for hydroxylation is 1. The maximum absolute atomic E-state index is 9.62. The number of aliphatic imine (C=N–C) groups is 1. The fraction of sp³-hybridized carbons (Fsp3) is 0.550. The predicted molar refractivity (Wildman–Crippen MR) is 125 cm³/mol. The highest BCUT2D eigenvalue weighted by atomic mass is 127. The molecule has 1 aliphatic rings. The number of aromatic nitrogens is 3. The lowest BCUT2D eigenvalue weighted by atomic mass is 10.1. The molecule has 9 heteroatoms. The molecule has 0 saturated carbocycles. The first-order valence-electron chi connectivity index (χ1n) is 9.97. The highest BCUT2D eigenvalue weighted by molar-refractivity contribution is 14.0. The van der Waals surface area contributed by atoms with Gasteiger partial charge in [-0.05, 0) is 30.9 Å². The van der Waals surface area contributed by atoms with Crippen molar-refractivity contribution in [1.82, 2.24) is 30.3 Å². The van der Waals surface area contributed by atoms with Crippen LogP contribution in [-0.2, 0) is 26.7 Å². The van der Waals surface area contributed by atoms with Crippen LogP contribution in [0.4, 0.5) is 0 Å². The van der Waals surface area contributed by atoms with Crippen LogP contribution in [-0.4, -0.2) is 56.5 Å². The van der Waals surface area contributed by atoms with E-state index in [9.17, 15) is 5.11 Å². The van der Waals surface area contributed by atoms with E-state index in [1.807, 2.05) is 14.0 Å². The Morgan fingerprint density at radius 2 is 1.86 bits per heavy atom. The van der Waals surface area contributed by atoms with Crippen LogP contribution in [0, 0.1) is 0 Å². The maximum atomic E-state index is 9.62. The molecule has 0 radical (unpaired) electrons. The highest BCUT2D eigenvalue weighted by Crippen LogP contribution is 2.14. The molecule has 2 aromatic rings. The number of aliphatic hydroxyl groups is 1. The summed E-state index contributed by atoms with van der Waals surface area (Å²) >= 11 is 0. The van der Waals surface area contributed by atoms with E-state index in [0.29, 0.717) is 13.1 Å². The second kappa shape index (κ2) is 12.1. The molecule has 1 aliphatic heterocycles. The summed E-state index contributed by atoms with van der Waals surface area (Å²) in [5.74, 6) is 1.63. The van der Waals surface area contributed by atoms with Crippen LogP contribution >= 0.6 is 24.0 Å². The molecule has 0 unspecified atom stereocenters. The largest absolute Gasteiger partial charge is 0.393 e. The Labute approximate surface area is 189 Å². The van der Waals surface area contributed by atoms with Crippen molar-refractivity contribution in [3.05, 3.63) is 47.5 Å². The van der Waals surface area contributed by atoms with Crippen molar-refractivity contribution in [2.45, 2.75) is 45.5 Å². The maximum Gasteiger partial charge on any atom is 0.191 e. The van der Waals surface area contributed by atoms with Gasteiger partial charge >= 0.3 is 0 Å². The molecule has 2 heterocycles. The SMILES string of the molecule is CCNC(=NCc1ccc(CN2CCC(O)CC2)cc1)NCc1ncnn1C.I. The summed E-state index contributed by atoms with van der Waals surface area (Å²) in [7, 11) is 1.88. The lowest BCUT2D eigenvalue weighted by Gasteiger charge is -2.29. The molecule has 1 aromatic heterocycles. The van der Waals surface area contributed by atoms with Crippen molar-refractivity contribution in [2.24, 2.45) is 12.0 Å². The molecule has 0 aliphatic carbocycles. The summed E-state index contributed by atoms with van der Waals surface area (Å²) in [6.45, 7) is 6.92. The van der Waals surface area contributed by atoms with Crippen LogP contribution in [0.5, 0.6) is 0 Å². The molecule has 0 bridgehead atoms. The van der Waals surface area contributed by atoms with Gasteiger partial charge in [0, 0.05) is 33.2 Å². The molecule has 1 aromatic carbocycles. The van der Waals surface area contributed by atoms with Crippen LogP contribution in [0.2, 0.25) is 0 Å². The van der Waals surface area contributed by atoms with Gasteiger partial charge in [0.15, 0.2) is 5.96 Å². The van der Waals surface area contributed by atoms with Gasteiger partial charge in [-0.2, -0.15) is 5.10 Å². The Hall–Kier alpha value is -1.72. The molecule has 1 saturated heterocycles. The second-order valence-electron chi connectivity index (χ2n) is 7.17. The molecule has 0 spiro atoms. The van der Waals surface area contributed by atoms with Crippen molar-refractivity contribution >= 4 is 29.9 Å². The van der Waals surface area contributed by atoms with Gasteiger partial charge < -0.3 is 15.7 Å². The van der Waals surface area contributed by atoms with Gasteiger partial charge in [0.2, 0.25) is 0 Å². The van der Waals surface area contributed by atoms with Crippen molar-refractivity contribution < 1.29 is 5.11 Å². The number of nitrogens with one attached hydrogen (secondary N) is 2. The van der Waals surface area contributed by atoms with E-state index >= 15 is 0 Å². The molecule has 3 N–H and O–H groups in total. The van der Waals surface area contributed by atoms with Crippen LogP contribution < -0.4 is 10.6 Å². The number of halogens is 1. The van der Waals surface area contributed by atoms with Gasteiger partial charge in [-0.15, -0.1) is 24.0 Å². The molecule has 0 atom stereocenters. The number of aliphatic hydroxyl groups excluding tert-OH is 1. The number of benzene rings is 1. The molecule has 160 valence electrons. The average molecular weight is 513 g/mol. The molecule has 1 fully saturated rings. The predicted octanol–water partition coefficient (Wildman–Crippen LogP) is 1.65. The Balaban J connectivity index is 0.00000300. The van der Waals surface area contributed by atoms with Crippen LogP contribution in [0.15, 0.2) is 35.6 Å². The van der Waals surface area contributed by atoms with E-state index in [0.717, 1.165) is 50.8 Å². The third kappa shape index (κ3) is 7.56. The van der Waals surface area contributed by atoms with E-state index in [4.69, 9.17) is 0 Å². The van der Waals surface area contributed by atoms with Crippen molar-refractivity contribution in [2.75, 3.05) is 19.6 Å². The lowest BCUT2D eigenvalue weighted by molar-refractivity contribution is 0.0792. The number of hydrogen-bond donors (Lipinski definition) is 3. The summed E-state index contributed by atoms with van der Waals surface area (Å²) in [6, 6.07) is 8.64. The van der Waals surface area contributed by atoms with Gasteiger partial charge in [-0.25, -0.2) is 9.98 Å². The van der Waals surface area contributed by atoms with Crippen molar-refractivity contribution in [1.29, 1.82) is 0 Å². The minimum absolute atomic E-state index is 0. The summed E-state index contributed by atoms with van der Waals surface area (Å²) in [5.41, 5.74) is 2.48. The van der Waals surface area contributed by atoms with Gasteiger partial charge in [0.1, 0.15) is 12.2 Å². The Kier molecular flexibility index (Phi) is 9.82. The van der Waals surface area contributed by atoms with Gasteiger partial charge in [0.05, 0.1) is 19.2 Å². The molecule has 8 nitrogen and oxygen atoms in total. The number of rotatable bonds is 7. The minimum atomic E-state index is -0.121. The van der Waals surface area contributed by atoms with Crippen LogP contribution in [0.25, 0.3) is 0 Å². The summed E-state index contributed by atoms with van der Waals surface area (Å²) in [4.78, 5) is 11.3. The van der Waals surface area contributed by atoms with Crippen molar-refractivity contribution in [3.8, 4) is 0 Å². The standard InChI is InChI=1S/C20H31N7O.HI/c1-3-21-20(23-13-19-24-15-25-26(19)2)22-12-16-4-6-17(7-5-16)14-27-10-8-18(28)9-11-27;/h4-7,15,18,28H,3,8-14H2,1-2H3,(H2,21,22,23);1H. The molecular formula is C20H32IN7O. The van der Waals surface area contributed by atoms with Gasteiger partial charge in [-0.1, -0.05) is 24.3 Å². The van der Waals surface area contributed by atoms with E-state index in [-0.39, 0.29) is 30.1 Å². The first-order valence-corrected chi connectivity index (χ1v) is 9.97. The first-order chi connectivity index (χ1) is 13.6. The molecule has 0 amide bonds. The van der Waals surface area contributed by atoms with E-state index in [1.54, 1.807) is 11.0 Å². The van der Waals surface area contributed by atoms with Gasteiger partial charge in [0.25, 0.3) is 0 Å². The Morgan fingerprint density at radius 1 is 1.17 bits per heavy atom. The normalized spacial score (nSPS) is 15.8. The fourth-order valence-electron chi connectivity index (χ4n) is 3.24.